The number of nitrogens with zero attached hydrogens (tertiary/aromatic N) is 2. The van der Waals surface area contributed by atoms with Gasteiger partial charge in [-0.25, -0.2) is 8.42 Å². The van der Waals surface area contributed by atoms with Gasteiger partial charge in [-0.05, 0) is 43.0 Å². The van der Waals surface area contributed by atoms with E-state index in [1.54, 1.807) is 12.1 Å². The van der Waals surface area contributed by atoms with E-state index in [2.05, 4.69) is 6.92 Å². The summed E-state index contributed by atoms with van der Waals surface area (Å²) in [5, 5.41) is 0. The normalized spacial score (nSPS) is 20.7. The summed E-state index contributed by atoms with van der Waals surface area (Å²) in [7, 11) is -3.50. The van der Waals surface area contributed by atoms with Gasteiger partial charge in [-0.15, -0.1) is 12.4 Å². The molecule has 0 aromatic heterocycles. The van der Waals surface area contributed by atoms with Gasteiger partial charge in [0.05, 0.1) is 4.90 Å². The molecule has 1 aromatic carbocycles. The van der Waals surface area contributed by atoms with Gasteiger partial charge in [-0.1, -0.05) is 20.8 Å². The molecule has 1 aliphatic rings. The maximum Gasteiger partial charge on any atom is 0.254 e. The quantitative estimate of drug-likeness (QED) is 0.790. The SMILES string of the molecule is CCN(CC)S(=O)(=O)c1ccc(C(=O)N2CCC(C)CC2CN)cc1.Cl. The Hall–Kier alpha value is -1.15. The zero-order chi connectivity index (χ0) is 18.6. The van der Waals surface area contributed by atoms with E-state index in [9.17, 15) is 13.2 Å². The number of sulfonamides is 1. The second-order valence-electron chi connectivity index (χ2n) is 6.63. The average Bonchev–Trinajstić information content (AvgIpc) is 2.62. The highest BCUT2D eigenvalue weighted by molar-refractivity contribution is 7.89. The first-order valence-corrected chi connectivity index (χ1v) is 10.4. The van der Waals surface area contributed by atoms with Crippen molar-refractivity contribution in [2.45, 2.75) is 44.6 Å². The highest BCUT2D eigenvalue weighted by Gasteiger charge is 2.30. The number of carbonyl (C=O) groups excluding carboxylic acids is 1. The highest BCUT2D eigenvalue weighted by Crippen LogP contribution is 2.24. The van der Waals surface area contributed by atoms with Gasteiger partial charge in [0.15, 0.2) is 0 Å². The molecule has 1 saturated heterocycles. The summed E-state index contributed by atoms with van der Waals surface area (Å²) in [6, 6.07) is 6.29. The molecule has 6 nitrogen and oxygen atoms in total. The first kappa shape index (κ1) is 22.9. The third-order valence-electron chi connectivity index (χ3n) is 4.96. The Morgan fingerprint density at radius 3 is 2.31 bits per heavy atom. The Balaban J connectivity index is 0.00000338. The monoisotopic (exact) mass is 403 g/mol. The minimum atomic E-state index is -3.50. The van der Waals surface area contributed by atoms with Crippen molar-refractivity contribution in [3.63, 3.8) is 0 Å². The van der Waals surface area contributed by atoms with E-state index in [1.165, 1.54) is 16.4 Å². The number of halogens is 1. The molecule has 1 amide bonds. The number of nitrogens with two attached hydrogens (primary N) is 1. The van der Waals surface area contributed by atoms with Crippen LogP contribution in [0.15, 0.2) is 29.2 Å². The molecule has 0 aliphatic carbocycles. The van der Waals surface area contributed by atoms with Crippen LogP contribution in [-0.2, 0) is 10.0 Å². The molecule has 1 fully saturated rings. The van der Waals surface area contributed by atoms with E-state index in [-0.39, 0.29) is 29.3 Å². The van der Waals surface area contributed by atoms with E-state index in [4.69, 9.17) is 5.73 Å². The van der Waals surface area contributed by atoms with Gasteiger partial charge < -0.3 is 10.6 Å². The maximum atomic E-state index is 12.8. The summed E-state index contributed by atoms with van der Waals surface area (Å²) in [6.07, 6.45) is 1.88. The lowest BCUT2D eigenvalue weighted by molar-refractivity contribution is 0.0573. The molecule has 2 unspecified atom stereocenters. The summed E-state index contributed by atoms with van der Waals surface area (Å²) < 4.78 is 26.5. The van der Waals surface area contributed by atoms with E-state index in [0.29, 0.717) is 37.7 Å². The van der Waals surface area contributed by atoms with E-state index in [0.717, 1.165) is 12.8 Å². The van der Waals surface area contributed by atoms with Crippen LogP contribution in [0.5, 0.6) is 0 Å². The Morgan fingerprint density at radius 2 is 1.81 bits per heavy atom. The number of piperidine rings is 1. The first-order valence-electron chi connectivity index (χ1n) is 8.96. The van der Waals surface area contributed by atoms with Crippen LogP contribution in [0.4, 0.5) is 0 Å². The largest absolute Gasteiger partial charge is 0.334 e. The van der Waals surface area contributed by atoms with Gasteiger partial charge >= 0.3 is 0 Å². The maximum absolute atomic E-state index is 12.8. The van der Waals surface area contributed by atoms with Gasteiger partial charge in [0, 0.05) is 37.8 Å². The number of amides is 1. The predicted octanol–water partition coefficient (Wildman–Crippen LogP) is 2.34. The van der Waals surface area contributed by atoms with Crippen LogP contribution < -0.4 is 5.73 Å². The Kier molecular flexibility index (Phi) is 8.53. The number of hydrogen-bond acceptors (Lipinski definition) is 4. The summed E-state index contributed by atoms with van der Waals surface area (Å²) in [6.45, 7) is 7.78. The lowest BCUT2D eigenvalue weighted by Gasteiger charge is -2.38. The Labute approximate surface area is 163 Å². The summed E-state index contributed by atoms with van der Waals surface area (Å²) >= 11 is 0. The fraction of sp³-hybridized carbons (Fsp3) is 0.611. The zero-order valence-corrected chi connectivity index (χ0v) is 17.4. The van der Waals surface area contributed by atoms with Gasteiger partial charge in [-0.3, -0.25) is 4.79 Å². The van der Waals surface area contributed by atoms with E-state index >= 15 is 0 Å². The lowest BCUT2D eigenvalue weighted by Crippen LogP contribution is -2.49. The van der Waals surface area contributed by atoms with Crippen molar-refractivity contribution in [3.8, 4) is 0 Å². The molecule has 0 saturated carbocycles. The average molecular weight is 404 g/mol. The molecule has 2 rings (SSSR count). The first-order chi connectivity index (χ1) is 11.8. The fourth-order valence-corrected chi connectivity index (χ4v) is 4.85. The van der Waals surface area contributed by atoms with Gasteiger partial charge in [0.25, 0.3) is 5.91 Å². The second-order valence-corrected chi connectivity index (χ2v) is 8.57. The van der Waals surface area contributed by atoms with Crippen molar-refractivity contribution < 1.29 is 13.2 Å². The van der Waals surface area contributed by atoms with Crippen LogP contribution in [0, 0.1) is 5.92 Å². The number of hydrogen-bond donors (Lipinski definition) is 1. The summed E-state index contributed by atoms with van der Waals surface area (Å²) in [4.78, 5) is 14.8. The number of benzene rings is 1. The number of carbonyl (C=O) groups is 1. The lowest BCUT2D eigenvalue weighted by atomic mass is 9.92. The van der Waals surface area contributed by atoms with E-state index < -0.39 is 10.0 Å². The third kappa shape index (κ3) is 4.76. The summed E-state index contributed by atoms with van der Waals surface area (Å²) in [5.41, 5.74) is 6.34. The molecule has 2 N–H and O–H groups in total. The molecule has 1 heterocycles. The van der Waals surface area contributed by atoms with Crippen molar-refractivity contribution in [3.05, 3.63) is 29.8 Å². The van der Waals surface area contributed by atoms with E-state index in [1.807, 2.05) is 18.7 Å². The zero-order valence-electron chi connectivity index (χ0n) is 15.7. The molecular weight excluding hydrogens is 374 g/mol. The molecule has 148 valence electrons. The van der Waals surface area contributed by atoms with Gasteiger partial charge in [-0.2, -0.15) is 4.31 Å². The minimum absolute atomic E-state index is 0. The Bertz CT molecular complexity index is 690. The third-order valence-corrected chi connectivity index (χ3v) is 7.02. The Morgan fingerprint density at radius 1 is 1.23 bits per heavy atom. The molecule has 1 aromatic rings. The topological polar surface area (TPSA) is 83.7 Å². The molecule has 0 bridgehead atoms. The van der Waals surface area contributed by atoms with Crippen molar-refractivity contribution in [2.75, 3.05) is 26.2 Å². The van der Waals surface area contributed by atoms with Crippen LogP contribution in [0.25, 0.3) is 0 Å². The number of likely N-dealkylation sites (tertiary alicyclic amines) is 1. The molecule has 1 aliphatic heterocycles. The van der Waals surface area contributed by atoms with Gasteiger partial charge in [0.2, 0.25) is 10.0 Å². The van der Waals surface area contributed by atoms with Crippen LogP contribution >= 0.6 is 12.4 Å². The van der Waals surface area contributed by atoms with Crippen LogP contribution in [0.2, 0.25) is 0 Å². The smallest absolute Gasteiger partial charge is 0.254 e. The van der Waals surface area contributed by atoms with Gasteiger partial charge in [0.1, 0.15) is 0 Å². The summed E-state index contributed by atoms with van der Waals surface area (Å²) in [5.74, 6) is 0.494. The second kappa shape index (κ2) is 9.69. The standard InChI is InChI=1S/C18H29N3O3S.ClH/c1-4-20(5-2)25(23,24)17-8-6-15(7-9-17)18(22)21-11-10-14(3)12-16(21)13-19;/h6-9,14,16H,4-5,10-13,19H2,1-3H3;1H. The van der Waals surface area contributed by atoms with Crippen molar-refractivity contribution >= 4 is 28.3 Å². The van der Waals surface area contributed by atoms with Crippen molar-refractivity contribution in [1.82, 2.24) is 9.21 Å². The van der Waals surface area contributed by atoms with Crippen LogP contribution in [0.3, 0.4) is 0 Å². The van der Waals surface area contributed by atoms with Crippen molar-refractivity contribution in [1.29, 1.82) is 0 Å². The van der Waals surface area contributed by atoms with Crippen molar-refractivity contribution in [2.24, 2.45) is 11.7 Å². The molecule has 26 heavy (non-hydrogen) atoms. The molecule has 0 radical (unpaired) electrons. The molecule has 8 heteroatoms. The van der Waals surface area contributed by atoms with Crippen LogP contribution in [0.1, 0.15) is 44.0 Å². The molecular formula is C18H30ClN3O3S. The predicted molar refractivity (Wildman–Crippen MR) is 106 cm³/mol. The molecule has 0 spiro atoms. The fourth-order valence-electron chi connectivity index (χ4n) is 3.39. The minimum Gasteiger partial charge on any atom is -0.334 e. The number of rotatable bonds is 6. The molecule has 2 atom stereocenters. The van der Waals surface area contributed by atoms with Crippen LogP contribution in [-0.4, -0.2) is 55.8 Å². The highest BCUT2D eigenvalue weighted by atomic mass is 35.5.